The van der Waals surface area contributed by atoms with Crippen molar-refractivity contribution in [2.45, 2.75) is 56.9 Å². The van der Waals surface area contributed by atoms with E-state index < -0.39 is 5.54 Å². The number of nitrogens with one attached hydrogen (secondary N) is 1. The van der Waals surface area contributed by atoms with Gasteiger partial charge in [-0.2, -0.15) is 0 Å². The Hall–Kier alpha value is -1.75. The van der Waals surface area contributed by atoms with Crippen LogP contribution in [0.2, 0.25) is 0 Å². The van der Waals surface area contributed by atoms with Crippen molar-refractivity contribution in [3.8, 4) is 12.3 Å². The number of terminal acetylenes is 1. The fourth-order valence-electron chi connectivity index (χ4n) is 3.04. The van der Waals surface area contributed by atoms with Gasteiger partial charge in [0.25, 0.3) is 0 Å². The molecule has 1 unspecified atom stereocenters. The molecule has 1 aromatic carbocycles. The lowest BCUT2D eigenvalue weighted by molar-refractivity contribution is -0.124. The quantitative estimate of drug-likeness (QED) is 0.831. The lowest BCUT2D eigenvalue weighted by Crippen LogP contribution is -2.50. The minimum absolute atomic E-state index is 0.0681. The van der Waals surface area contributed by atoms with Crippen molar-refractivity contribution >= 4 is 5.91 Å². The zero-order chi connectivity index (χ0) is 14.4. The molecule has 1 amide bonds. The number of hydrogen-bond donors (Lipinski definition) is 1. The fraction of sp³-hybridized carbons (Fsp3) is 0.500. The fourth-order valence-corrected chi connectivity index (χ4v) is 3.04. The van der Waals surface area contributed by atoms with E-state index in [2.05, 4.69) is 11.2 Å². The van der Waals surface area contributed by atoms with E-state index in [9.17, 15) is 4.79 Å². The number of amides is 1. The zero-order valence-corrected chi connectivity index (χ0v) is 12.2. The molecule has 1 atom stereocenters. The topological polar surface area (TPSA) is 29.1 Å². The first-order valence-corrected chi connectivity index (χ1v) is 7.55. The summed E-state index contributed by atoms with van der Waals surface area (Å²) in [6, 6.07) is 9.94. The largest absolute Gasteiger partial charge is 0.339 e. The van der Waals surface area contributed by atoms with E-state index in [0.717, 1.165) is 37.7 Å². The summed E-state index contributed by atoms with van der Waals surface area (Å²) in [5.41, 5.74) is 0.646. The molecule has 1 N–H and O–H groups in total. The van der Waals surface area contributed by atoms with Gasteiger partial charge >= 0.3 is 0 Å². The van der Waals surface area contributed by atoms with Crippen LogP contribution in [0.4, 0.5) is 0 Å². The Labute approximate surface area is 122 Å². The van der Waals surface area contributed by atoms with Crippen molar-refractivity contribution in [3.63, 3.8) is 0 Å². The van der Waals surface area contributed by atoms with E-state index in [1.165, 1.54) is 6.42 Å². The second-order valence-corrected chi connectivity index (χ2v) is 5.65. The summed E-state index contributed by atoms with van der Waals surface area (Å²) >= 11 is 0. The van der Waals surface area contributed by atoms with Gasteiger partial charge in [-0.3, -0.25) is 4.79 Å². The molecule has 0 bridgehead atoms. The lowest BCUT2D eigenvalue weighted by atomic mass is 9.81. The van der Waals surface area contributed by atoms with E-state index in [4.69, 9.17) is 6.42 Å². The highest BCUT2D eigenvalue weighted by Crippen LogP contribution is 2.29. The van der Waals surface area contributed by atoms with Crippen LogP contribution in [0.5, 0.6) is 0 Å². The summed E-state index contributed by atoms with van der Waals surface area (Å²) in [5.74, 6) is 2.81. The van der Waals surface area contributed by atoms with Crippen LogP contribution < -0.4 is 5.32 Å². The van der Waals surface area contributed by atoms with E-state index in [0.29, 0.717) is 0 Å². The standard InChI is InChI=1S/C18H23NO/c1-3-16(15-11-7-5-8-12-15)17(20)19-18(4-2)13-9-6-10-14-18/h2,5,7-8,11-12,16H,3,6,9-10,13-14H2,1H3,(H,19,20). The van der Waals surface area contributed by atoms with E-state index >= 15 is 0 Å². The van der Waals surface area contributed by atoms with Gasteiger partial charge in [-0.25, -0.2) is 0 Å². The van der Waals surface area contributed by atoms with Crippen molar-refractivity contribution in [2.75, 3.05) is 0 Å². The van der Waals surface area contributed by atoms with Gasteiger partial charge in [-0.1, -0.05) is 62.4 Å². The highest BCUT2D eigenvalue weighted by atomic mass is 16.2. The van der Waals surface area contributed by atoms with Gasteiger partial charge < -0.3 is 5.32 Å². The molecule has 2 rings (SSSR count). The minimum Gasteiger partial charge on any atom is -0.339 e. The van der Waals surface area contributed by atoms with Crippen LogP contribution in [0.3, 0.4) is 0 Å². The molecule has 0 radical (unpaired) electrons. The van der Waals surface area contributed by atoms with Crippen LogP contribution in [-0.4, -0.2) is 11.4 Å². The summed E-state index contributed by atoms with van der Waals surface area (Å²) in [4.78, 5) is 12.6. The molecule has 1 saturated carbocycles. The normalized spacial score (nSPS) is 18.8. The zero-order valence-electron chi connectivity index (χ0n) is 12.2. The third-order valence-electron chi connectivity index (χ3n) is 4.27. The maximum Gasteiger partial charge on any atom is 0.228 e. The van der Waals surface area contributed by atoms with Crippen LogP contribution in [-0.2, 0) is 4.79 Å². The van der Waals surface area contributed by atoms with Crippen LogP contribution in [0.15, 0.2) is 30.3 Å². The third kappa shape index (κ3) is 3.22. The lowest BCUT2D eigenvalue weighted by Gasteiger charge is -2.34. The summed E-state index contributed by atoms with van der Waals surface area (Å²) in [7, 11) is 0. The Morgan fingerprint density at radius 2 is 1.95 bits per heavy atom. The van der Waals surface area contributed by atoms with Crippen LogP contribution >= 0.6 is 0 Å². The van der Waals surface area contributed by atoms with Gasteiger partial charge in [0.05, 0.1) is 5.92 Å². The first-order chi connectivity index (χ1) is 9.71. The molecule has 0 spiro atoms. The van der Waals surface area contributed by atoms with Gasteiger partial charge in [0.1, 0.15) is 5.54 Å². The number of benzene rings is 1. The molecular weight excluding hydrogens is 246 g/mol. The SMILES string of the molecule is C#CC1(NC(=O)C(CC)c2ccccc2)CCCCC1. The Morgan fingerprint density at radius 3 is 2.50 bits per heavy atom. The average molecular weight is 269 g/mol. The number of hydrogen-bond acceptors (Lipinski definition) is 1. The second-order valence-electron chi connectivity index (χ2n) is 5.65. The van der Waals surface area contributed by atoms with Gasteiger partial charge in [0, 0.05) is 0 Å². The monoisotopic (exact) mass is 269 g/mol. The second kappa shape index (κ2) is 6.61. The van der Waals surface area contributed by atoms with Crippen molar-refractivity contribution < 1.29 is 4.79 Å². The highest BCUT2D eigenvalue weighted by Gasteiger charge is 2.33. The highest BCUT2D eigenvalue weighted by molar-refractivity contribution is 5.84. The molecule has 0 heterocycles. The Morgan fingerprint density at radius 1 is 1.30 bits per heavy atom. The predicted octanol–water partition coefficient (Wildman–Crippen LogP) is 3.63. The Kier molecular flexibility index (Phi) is 4.84. The van der Waals surface area contributed by atoms with Gasteiger partial charge in [0.2, 0.25) is 5.91 Å². The predicted molar refractivity (Wildman–Crippen MR) is 82.3 cm³/mol. The van der Waals surface area contributed by atoms with Gasteiger partial charge in [-0.15, -0.1) is 6.42 Å². The number of carbonyl (C=O) groups excluding carboxylic acids is 1. The van der Waals surface area contributed by atoms with Crippen molar-refractivity contribution in [2.24, 2.45) is 0 Å². The van der Waals surface area contributed by atoms with Crippen molar-refractivity contribution in [1.82, 2.24) is 5.32 Å². The maximum absolute atomic E-state index is 12.6. The average Bonchev–Trinajstić information content (AvgIpc) is 2.50. The molecule has 106 valence electrons. The molecular formula is C18H23NO. The smallest absolute Gasteiger partial charge is 0.228 e. The Bertz CT molecular complexity index is 480. The number of carbonyl (C=O) groups is 1. The van der Waals surface area contributed by atoms with Gasteiger partial charge in [-0.05, 0) is 24.8 Å². The van der Waals surface area contributed by atoms with Crippen molar-refractivity contribution in [1.29, 1.82) is 0 Å². The maximum atomic E-state index is 12.6. The summed E-state index contributed by atoms with van der Waals surface area (Å²) in [6.45, 7) is 2.04. The van der Waals surface area contributed by atoms with Crippen molar-refractivity contribution in [3.05, 3.63) is 35.9 Å². The molecule has 0 aromatic heterocycles. The first kappa shape index (κ1) is 14.7. The molecule has 1 aliphatic carbocycles. The van der Waals surface area contributed by atoms with Crippen LogP contribution in [0.25, 0.3) is 0 Å². The molecule has 20 heavy (non-hydrogen) atoms. The minimum atomic E-state index is -0.419. The molecule has 1 aromatic rings. The van der Waals surface area contributed by atoms with Gasteiger partial charge in [0.15, 0.2) is 0 Å². The summed E-state index contributed by atoms with van der Waals surface area (Å²) in [5, 5.41) is 3.16. The molecule has 2 nitrogen and oxygen atoms in total. The molecule has 1 fully saturated rings. The summed E-state index contributed by atoms with van der Waals surface area (Å²) in [6.07, 6.45) is 11.7. The Balaban J connectivity index is 2.11. The molecule has 2 heteroatoms. The molecule has 1 aliphatic rings. The first-order valence-electron chi connectivity index (χ1n) is 7.55. The van der Waals surface area contributed by atoms with E-state index in [1.807, 2.05) is 37.3 Å². The van der Waals surface area contributed by atoms with Crippen LogP contribution in [0.1, 0.15) is 56.9 Å². The summed E-state index contributed by atoms with van der Waals surface area (Å²) < 4.78 is 0. The van der Waals surface area contributed by atoms with E-state index in [-0.39, 0.29) is 11.8 Å². The van der Waals surface area contributed by atoms with Crippen LogP contribution in [0, 0.1) is 12.3 Å². The number of rotatable bonds is 4. The molecule has 0 aliphatic heterocycles. The molecule has 0 saturated heterocycles. The third-order valence-corrected chi connectivity index (χ3v) is 4.27. The van der Waals surface area contributed by atoms with E-state index in [1.54, 1.807) is 0 Å².